The molecule has 0 N–H and O–H groups in total. The molecule has 148 valence electrons. The van der Waals surface area contributed by atoms with Crippen LogP contribution < -0.4 is 21.2 Å². The Hall–Kier alpha value is 1.47. The summed E-state index contributed by atoms with van der Waals surface area (Å²) in [6, 6.07) is 0. The molecule has 0 saturated carbocycles. The van der Waals surface area contributed by atoms with Crippen molar-refractivity contribution in [3.05, 3.63) is 39.0 Å². The van der Waals surface area contributed by atoms with Gasteiger partial charge in [0.15, 0.2) is 0 Å². The second kappa shape index (κ2) is 11.6. The molecule has 2 aliphatic carbocycles. The molecule has 0 aromatic rings. The van der Waals surface area contributed by atoms with Crippen molar-refractivity contribution in [2.45, 2.75) is 63.7 Å². The molecular weight excluding hydrogens is 704 g/mol. The standard InChI is InChI=1S/C21H28Cl2I3/c1-5-6-12-24-13-15(2)14-25-16-8-7-9-17(19(16)22)26-18-10-11-21(3,4)20(18)23/h5-6,12-14,17H,7-11H2,1-4H3/q-1/b6-5+,15-13+. The van der Waals surface area contributed by atoms with Gasteiger partial charge in [0.1, 0.15) is 0 Å². The normalized spacial score (nSPS) is 25.6. The van der Waals surface area contributed by atoms with Crippen molar-refractivity contribution in [1.29, 1.82) is 0 Å². The predicted octanol–water partition coefficient (Wildman–Crippen LogP) is 5.37. The average molecular weight is 732 g/mol. The van der Waals surface area contributed by atoms with E-state index in [1.807, 2.05) is 0 Å². The summed E-state index contributed by atoms with van der Waals surface area (Å²) < 4.78 is 11.0. The Kier molecular flexibility index (Phi) is 10.6. The van der Waals surface area contributed by atoms with Gasteiger partial charge in [0, 0.05) is 0 Å². The molecule has 0 aliphatic heterocycles. The monoisotopic (exact) mass is 731 g/mol. The van der Waals surface area contributed by atoms with Gasteiger partial charge in [0.25, 0.3) is 0 Å². The number of halogens is 5. The van der Waals surface area contributed by atoms with Crippen molar-refractivity contribution in [3.63, 3.8) is 0 Å². The molecule has 0 fully saturated rings. The van der Waals surface area contributed by atoms with E-state index in [4.69, 9.17) is 23.2 Å². The van der Waals surface area contributed by atoms with Crippen molar-refractivity contribution in [1.82, 2.24) is 0 Å². The first-order chi connectivity index (χ1) is 12.3. The van der Waals surface area contributed by atoms with Gasteiger partial charge < -0.3 is 0 Å². The fourth-order valence-corrected chi connectivity index (χ4v) is 13.2. The summed E-state index contributed by atoms with van der Waals surface area (Å²) in [5.74, 6) is 0. The van der Waals surface area contributed by atoms with E-state index in [9.17, 15) is 0 Å². The number of alkyl halides is 1. The second-order valence-corrected chi connectivity index (χ2v) is 16.0. The minimum atomic E-state index is -0.0713. The van der Waals surface area contributed by atoms with Crippen LogP contribution in [0.15, 0.2) is 39.0 Å². The Bertz CT molecular complexity index is 694. The van der Waals surface area contributed by atoms with Gasteiger partial charge in [-0.15, -0.1) is 0 Å². The van der Waals surface area contributed by atoms with Gasteiger partial charge in [0.05, 0.1) is 0 Å². The third kappa shape index (κ3) is 7.06. The van der Waals surface area contributed by atoms with Crippen molar-refractivity contribution in [3.8, 4) is 0 Å². The maximum absolute atomic E-state index is 6.90. The van der Waals surface area contributed by atoms with Crippen LogP contribution in [0.2, 0.25) is 0 Å². The molecule has 1 atom stereocenters. The zero-order valence-electron chi connectivity index (χ0n) is 15.9. The molecule has 0 radical (unpaired) electrons. The summed E-state index contributed by atoms with van der Waals surface area (Å²) in [5, 5.41) is 2.38. The van der Waals surface area contributed by atoms with Gasteiger partial charge in [-0.05, 0) is 0 Å². The van der Waals surface area contributed by atoms with Gasteiger partial charge in [-0.3, -0.25) is 0 Å². The molecule has 2 rings (SSSR count). The van der Waals surface area contributed by atoms with Crippen LogP contribution in [-0.4, -0.2) is 11.9 Å². The minimum absolute atomic E-state index is 0.0504. The summed E-state index contributed by atoms with van der Waals surface area (Å²) in [7, 11) is 0. The van der Waals surface area contributed by atoms with E-state index < -0.39 is 0 Å². The molecule has 2 aliphatic rings. The Labute approximate surface area is 199 Å². The van der Waals surface area contributed by atoms with Crippen LogP contribution in [-0.2, 0) is 0 Å². The van der Waals surface area contributed by atoms with Crippen LogP contribution in [0.25, 0.3) is 0 Å². The first kappa shape index (κ1) is 23.7. The Morgan fingerprint density at radius 2 is 2.04 bits per heavy atom. The van der Waals surface area contributed by atoms with E-state index >= 15 is 0 Å². The Balaban J connectivity index is 2.08. The molecule has 0 saturated heterocycles. The number of rotatable bonds is 6. The molecule has 0 nitrogen and oxygen atoms in total. The van der Waals surface area contributed by atoms with Gasteiger partial charge in [-0.2, -0.15) is 0 Å². The molecule has 0 amide bonds. The van der Waals surface area contributed by atoms with Gasteiger partial charge in [-0.25, -0.2) is 0 Å². The van der Waals surface area contributed by atoms with Crippen molar-refractivity contribution >= 4 is 72.7 Å². The van der Waals surface area contributed by atoms with Crippen LogP contribution in [0.3, 0.4) is 0 Å². The van der Waals surface area contributed by atoms with Crippen LogP contribution in [0.5, 0.6) is 0 Å². The molecule has 0 spiro atoms. The number of hydrogen-bond donors (Lipinski definition) is 0. The molecule has 26 heavy (non-hydrogen) atoms. The predicted molar refractivity (Wildman–Crippen MR) is 135 cm³/mol. The number of hydrogen-bond acceptors (Lipinski definition) is 0. The zero-order chi connectivity index (χ0) is 19.2. The first-order valence-electron chi connectivity index (χ1n) is 8.96. The van der Waals surface area contributed by atoms with E-state index in [0.29, 0.717) is 3.92 Å². The average Bonchev–Trinajstić information content (AvgIpc) is 2.86. The van der Waals surface area contributed by atoms with Crippen molar-refractivity contribution in [2.24, 2.45) is 5.41 Å². The molecule has 1 unspecified atom stereocenters. The summed E-state index contributed by atoms with van der Waals surface area (Å²) in [6.07, 6.45) is 10.5. The zero-order valence-corrected chi connectivity index (χ0v) is 23.9. The molecule has 0 heterocycles. The topological polar surface area (TPSA) is 0 Å². The molecular formula is C21H28Cl2I3-. The molecule has 0 aromatic carbocycles. The quantitative estimate of drug-likeness (QED) is 0.255. The third-order valence-electron chi connectivity index (χ3n) is 4.38. The Morgan fingerprint density at radius 1 is 1.27 bits per heavy atom. The van der Waals surface area contributed by atoms with E-state index in [1.54, 1.807) is 7.16 Å². The van der Waals surface area contributed by atoms with Gasteiger partial charge >= 0.3 is 202 Å². The summed E-state index contributed by atoms with van der Waals surface area (Å²) in [5.41, 5.74) is 1.64. The SMILES string of the molecule is C/C=C/C=I/C=C(\C)C=IC1=C(Cl)C([I-]C2=C(Cl)C(C)(C)CC2)CCC1. The van der Waals surface area contributed by atoms with Crippen molar-refractivity contribution < 1.29 is 21.2 Å². The van der Waals surface area contributed by atoms with Crippen LogP contribution >= 0.6 is 64.7 Å². The third-order valence-corrected chi connectivity index (χ3v) is 15.8. The van der Waals surface area contributed by atoms with Crippen LogP contribution in [0.4, 0.5) is 0 Å². The van der Waals surface area contributed by atoms with Gasteiger partial charge in [0.2, 0.25) is 0 Å². The fourth-order valence-electron chi connectivity index (χ4n) is 2.76. The molecule has 0 aromatic heterocycles. The Morgan fingerprint density at radius 3 is 2.69 bits per heavy atom. The van der Waals surface area contributed by atoms with Crippen LogP contribution in [0.1, 0.15) is 59.8 Å². The second-order valence-electron chi connectivity index (χ2n) is 7.17. The fraction of sp³-hybridized carbons (Fsp3) is 0.524. The van der Waals surface area contributed by atoms with E-state index in [2.05, 4.69) is 52.0 Å². The maximum atomic E-state index is 6.90. The number of allylic oxidation sites excluding steroid dienone is 7. The molecule has 5 heteroatoms. The first-order valence-corrected chi connectivity index (χ1v) is 16.9. The van der Waals surface area contributed by atoms with Crippen LogP contribution in [0, 0.1) is 5.41 Å². The van der Waals surface area contributed by atoms with E-state index in [1.165, 1.54) is 42.7 Å². The van der Waals surface area contributed by atoms with E-state index in [-0.39, 0.29) is 68.1 Å². The summed E-state index contributed by atoms with van der Waals surface area (Å²) in [6.45, 7) is 8.88. The van der Waals surface area contributed by atoms with E-state index in [0.717, 1.165) is 5.03 Å². The summed E-state index contributed by atoms with van der Waals surface area (Å²) >= 11 is 13.5. The van der Waals surface area contributed by atoms with Crippen molar-refractivity contribution in [2.75, 3.05) is 0 Å². The molecule has 0 bridgehead atoms. The van der Waals surface area contributed by atoms with Gasteiger partial charge in [-0.1, -0.05) is 0 Å². The summed E-state index contributed by atoms with van der Waals surface area (Å²) in [4.78, 5) is 0.